The number of aromatic amines is 1. The third kappa shape index (κ3) is 11.0. The van der Waals surface area contributed by atoms with Crippen LogP contribution < -0.4 is 5.32 Å². The van der Waals surface area contributed by atoms with Gasteiger partial charge in [-0.15, -0.1) is 5.10 Å². The molecule has 3 aromatic rings. The topological polar surface area (TPSA) is 101 Å². The molecule has 0 aliphatic carbocycles. The Morgan fingerprint density at radius 3 is 1.98 bits per heavy atom. The first kappa shape index (κ1) is 35.2. The number of unbranched alkanes of at least 4 members (excludes halogenated alkanes) is 11. The molecule has 1 aromatic carbocycles. The number of esters is 1. The number of hydrogen-bond acceptors (Lipinski definition) is 5. The number of carbonyl (C=O) groups excluding carboxylic acids is 2. The van der Waals surface area contributed by atoms with Crippen molar-refractivity contribution in [3.8, 4) is 11.4 Å². The van der Waals surface area contributed by atoms with E-state index in [4.69, 9.17) is 39.5 Å². The number of amides is 1. The van der Waals surface area contributed by atoms with Crippen molar-refractivity contribution < 1.29 is 14.3 Å². The zero-order valence-electron chi connectivity index (χ0n) is 26.0. The summed E-state index contributed by atoms with van der Waals surface area (Å²) in [6.07, 6.45) is 15.0. The largest absolute Gasteiger partial charge is 0.466 e. The van der Waals surface area contributed by atoms with E-state index in [1.165, 1.54) is 68.8 Å². The standard InChI is InChI=1S/C32H46Cl3N5O3/c1-5-6-7-8-9-10-11-12-13-14-15-16-19-43-26(42)18-17-25(41)36-22-20-23(33)27(24(34)21-22)30-37-31-28(35)29(32(2,3)4)38-40(31)39-30/h20-21,38H,5-19H2,1-4H3,(H,36,41). The molecule has 8 nitrogen and oxygen atoms in total. The molecule has 0 aliphatic rings. The Hall–Kier alpha value is -2.29. The van der Waals surface area contributed by atoms with Gasteiger partial charge in [0.05, 0.1) is 34.3 Å². The summed E-state index contributed by atoms with van der Waals surface area (Å²) in [6.45, 7) is 8.75. The number of fused-ring (bicyclic) bond motifs is 1. The molecule has 1 amide bonds. The van der Waals surface area contributed by atoms with Gasteiger partial charge in [-0.1, -0.05) is 133 Å². The molecule has 11 heteroatoms. The fourth-order valence-corrected chi connectivity index (χ4v) is 6.01. The van der Waals surface area contributed by atoms with Crippen LogP contribution in [-0.4, -0.2) is 38.3 Å². The van der Waals surface area contributed by atoms with E-state index >= 15 is 0 Å². The highest BCUT2D eigenvalue weighted by atomic mass is 35.5. The number of anilines is 1. The van der Waals surface area contributed by atoms with Crippen LogP contribution in [0.2, 0.25) is 15.1 Å². The van der Waals surface area contributed by atoms with Gasteiger partial charge in [-0.05, 0) is 18.6 Å². The summed E-state index contributed by atoms with van der Waals surface area (Å²) in [5, 5.41) is 11.4. The molecule has 43 heavy (non-hydrogen) atoms. The number of benzene rings is 1. The third-order valence-electron chi connectivity index (χ3n) is 7.36. The molecule has 0 saturated carbocycles. The highest BCUT2D eigenvalue weighted by Crippen LogP contribution is 2.38. The van der Waals surface area contributed by atoms with Gasteiger partial charge in [0.1, 0.15) is 5.02 Å². The summed E-state index contributed by atoms with van der Waals surface area (Å²) in [5.41, 5.74) is 1.91. The lowest BCUT2D eigenvalue weighted by molar-refractivity contribution is -0.144. The molecular formula is C32H46Cl3N5O3. The summed E-state index contributed by atoms with van der Waals surface area (Å²) < 4.78 is 6.80. The summed E-state index contributed by atoms with van der Waals surface area (Å²) in [6, 6.07) is 3.15. The van der Waals surface area contributed by atoms with Crippen LogP contribution in [0.25, 0.3) is 17.0 Å². The molecule has 0 aliphatic heterocycles. The minimum atomic E-state index is -0.375. The molecular weight excluding hydrogens is 609 g/mol. The van der Waals surface area contributed by atoms with Crippen LogP contribution in [0.4, 0.5) is 5.69 Å². The maximum atomic E-state index is 12.5. The summed E-state index contributed by atoms with van der Waals surface area (Å²) in [7, 11) is 0. The van der Waals surface area contributed by atoms with E-state index in [-0.39, 0.29) is 40.2 Å². The number of halogens is 3. The van der Waals surface area contributed by atoms with Crippen LogP contribution >= 0.6 is 34.8 Å². The van der Waals surface area contributed by atoms with Crippen LogP contribution in [0.5, 0.6) is 0 Å². The maximum absolute atomic E-state index is 12.5. The first-order valence-corrected chi connectivity index (χ1v) is 16.7. The van der Waals surface area contributed by atoms with Crippen LogP contribution in [-0.2, 0) is 19.7 Å². The Morgan fingerprint density at radius 1 is 0.884 bits per heavy atom. The maximum Gasteiger partial charge on any atom is 0.306 e. The number of H-pyrrole nitrogens is 1. The molecule has 0 saturated heterocycles. The SMILES string of the molecule is CCCCCCCCCCCCCCOC(=O)CCC(=O)Nc1cc(Cl)c(-c2nc3c(Cl)c(C(C)(C)C)[nH]n3n2)c(Cl)c1. The lowest BCUT2D eigenvalue weighted by Crippen LogP contribution is -2.15. The number of carbonyl (C=O) groups is 2. The van der Waals surface area contributed by atoms with Gasteiger partial charge >= 0.3 is 5.97 Å². The molecule has 2 N–H and O–H groups in total. The average Bonchev–Trinajstić information content (AvgIpc) is 3.48. The minimum absolute atomic E-state index is 0.00377. The van der Waals surface area contributed by atoms with Crippen molar-refractivity contribution in [2.45, 2.75) is 123 Å². The monoisotopic (exact) mass is 653 g/mol. The number of nitrogens with one attached hydrogen (secondary N) is 2. The lowest BCUT2D eigenvalue weighted by atomic mass is 9.92. The molecule has 3 rings (SSSR count). The normalized spacial score (nSPS) is 11.8. The van der Waals surface area contributed by atoms with Crippen LogP contribution in [0, 0.1) is 0 Å². The van der Waals surface area contributed by atoms with Crippen molar-refractivity contribution >= 4 is 58.0 Å². The Morgan fingerprint density at radius 2 is 1.44 bits per heavy atom. The van der Waals surface area contributed by atoms with E-state index in [0.717, 1.165) is 18.5 Å². The molecule has 0 bridgehead atoms. The summed E-state index contributed by atoms with van der Waals surface area (Å²) in [5.74, 6) is -0.408. The van der Waals surface area contributed by atoms with Crippen LogP contribution in [0.1, 0.15) is 123 Å². The van der Waals surface area contributed by atoms with Crippen molar-refractivity contribution in [3.63, 3.8) is 0 Å². The Balaban J connectivity index is 1.35. The zero-order chi connectivity index (χ0) is 31.4. The quantitative estimate of drug-likeness (QED) is 0.105. The van der Waals surface area contributed by atoms with Crippen molar-refractivity contribution in [2.75, 3.05) is 11.9 Å². The molecule has 238 valence electrons. The number of aromatic nitrogens is 4. The van der Waals surface area contributed by atoms with E-state index in [9.17, 15) is 9.59 Å². The first-order chi connectivity index (χ1) is 20.5. The van der Waals surface area contributed by atoms with E-state index in [2.05, 4.69) is 27.4 Å². The summed E-state index contributed by atoms with van der Waals surface area (Å²) >= 11 is 19.6. The van der Waals surface area contributed by atoms with Gasteiger partial charge in [-0.2, -0.15) is 4.63 Å². The van der Waals surface area contributed by atoms with Gasteiger partial charge in [0, 0.05) is 17.5 Å². The minimum Gasteiger partial charge on any atom is -0.466 e. The van der Waals surface area contributed by atoms with Crippen LogP contribution in [0.3, 0.4) is 0 Å². The van der Waals surface area contributed by atoms with Gasteiger partial charge < -0.3 is 10.1 Å². The molecule has 0 unspecified atom stereocenters. The smallest absolute Gasteiger partial charge is 0.306 e. The average molecular weight is 655 g/mol. The fourth-order valence-electron chi connectivity index (χ4n) is 4.90. The number of ether oxygens (including phenoxy) is 1. The summed E-state index contributed by atoms with van der Waals surface area (Å²) in [4.78, 5) is 29.1. The van der Waals surface area contributed by atoms with E-state index in [1.807, 2.05) is 20.8 Å². The predicted octanol–water partition coefficient (Wildman–Crippen LogP) is 9.95. The van der Waals surface area contributed by atoms with E-state index in [1.54, 1.807) is 12.1 Å². The highest BCUT2D eigenvalue weighted by molar-refractivity contribution is 6.39. The van der Waals surface area contributed by atoms with Gasteiger partial charge in [-0.3, -0.25) is 14.7 Å². The van der Waals surface area contributed by atoms with Crippen molar-refractivity contribution in [3.05, 3.63) is 32.9 Å². The first-order valence-electron chi connectivity index (χ1n) is 15.6. The van der Waals surface area contributed by atoms with Gasteiger partial charge in [0.2, 0.25) is 5.91 Å². The Labute approximate surface area is 270 Å². The second kappa shape index (κ2) is 17.3. The van der Waals surface area contributed by atoms with Gasteiger partial charge in [-0.25, -0.2) is 4.98 Å². The Kier molecular flexibility index (Phi) is 14.1. The highest BCUT2D eigenvalue weighted by Gasteiger charge is 2.25. The molecule has 2 aromatic heterocycles. The van der Waals surface area contributed by atoms with Gasteiger partial charge in [0.25, 0.3) is 0 Å². The molecule has 0 spiro atoms. The van der Waals surface area contributed by atoms with Crippen molar-refractivity contribution in [2.24, 2.45) is 0 Å². The zero-order valence-corrected chi connectivity index (χ0v) is 28.2. The molecule has 0 fully saturated rings. The number of hydrogen-bond donors (Lipinski definition) is 2. The predicted molar refractivity (Wildman–Crippen MR) is 176 cm³/mol. The second-order valence-corrected chi connectivity index (χ2v) is 13.4. The van der Waals surface area contributed by atoms with E-state index < -0.39 is 0 Å². The van der Waals surface area contributed by atoms with Gasteiger partial charge in [0.15, 0.2) is 11.5 Å². The molecule has 2 heterocycles. The second-order valence-electron chi connectivity index (χ2n) is 12.2. The lowest BCUT2D eigenvalue weighted by Gasteiger charge is -2.16. The van der Waals surface area contributed by atoms with Crippen molar-refractivity contribution in [1.82, 2.24) is 19.8 Å². The molecule has 0 radical (unpaired) electrons. The third-order valence-corrected chi connectivity index (χ3v) is 8.31. The fraction of sp³-hybridized carbons (Fsp3) is 0.625. The van der Waals surface area contributed by atoms with Crippen LogP contribution in [0.15, 0.2) is 12.1 Å². The number of nitrogens with zero attached hydrogens (tertiary/aromatic N) is 3. The molecule has 0 atom stereocenters. The van der Waals surface area contributed by atoms with E-state index in [0.29, 0.717) is 34.4 Å². The Bertz CT molecular complexity index is 1320. The number of rotatable bonds is 18. The van der Waals surface area contributed by atoms with Crippen molar-refractivity contribution in [1.29, 1.82) is 0 Å².